The van der Waals surface area contributed by atoms with Crippen LogP contribution in [-0.4, -0.2) is 35.4 Å². The molecule has 6 rings (SSSR count). The number of hydrogen-bond donors (Lipinski definition) is 1. The molecule has 5 heterocycles. The highest BCUT2D eigenvalue weighted by Gasteiger charge is 2.19. The number of nitrogens with zero attached hydrogens (tertiary/aromatic N) is 6. The van der Waals surface area contributed by atoms with Crippen LogP contribution in [0, 0.1) is 6.92 Å². The molecule has 0 bridgehead atoms. The lowest BCUT2D eigenvalue weighted by Gasteiger charge is -2.08. The van der Waals surface area contributed by atoms with Gasteiger partial charge in [0.05, 0.1) is 34.1 Å². The van der Waals surface area contributed by atoms with Crippen molar-refractivity contribution in [1.29, 1.82) is 0 Å². The summed E-state index contributed by atoms with van der Waals surface area (Å²) in [4.78, 5) is 22.4. The number of pyridine rings is 2. The van der Waals surface area contributed by atoms with Crippen molar-refractivity contribution in [3.05, 3.63) is 64.6 Å². The first-order chi connectivity index (χ1) is 15.0. The number of fused-ring (bicyclic) bond motifs is 4. The summed E-state index contributed by atoms with van der Waals surface area (Å²) in [5.74, 6) is 0.970. The predicted octanol–water partition coefficient (Wildman–Crippen LogP) is 2.95. The van der Waals surface area contributed by atoms with Gasteiger partial charge in [-0.25, -0.2) is 9.78 Å². The molecular weight excluding hydrogens is 390 g/mol. The maximum atomic E-state index is 13.2. The molecule has 1 aromatic carbocycles. The lowest BCUT2D eigenvalue weighted by atomic mass is 10.0. The summed E-state index contributed by atoms with van der Waals surface area (Å²) in [7, 11) is 3.64. The molecule has 0 saturated carbocycles. The van der Waals surface area contributed by atoms with E-state index >= 15 is 0 Å². The quantitative estimate of drug-likeness (QED) is 0.483. The Morgan fingerprint density at radius 3 is 2.74 bits per heavy atom. The highest BCUT2D eigenvalue weighted by Crippen LogP contribution is 2.31. The number of aryl methyl sites for hydroxylation is 3. The molecular formula is C23H21N7O. The second-order valence-corrected chi connectivity index (χ2v) is 8.08. The monoisotopic (exact) mass is 411 g/mol. The predicted molar refractivity (Wildman–Crippen MR) is 121 cm³/mol. The van der Waals surface area contributed by atoms with Gasteiger partial charge in [-0.1, -0.05) is 6.07 Å². The van der Waals surface area contributed by atoms with E-state index in [1.807, 2.05) is 32.4 Å². The zero-order valence-corrected chi connectivity index (χ0v) is 17.5. The first kappa shape index (κ1) is 17.9. The first-order valence-corrected chi connectivity index (χ1v) is 10.3. The Morgan fingerprint density at radius 2 is 1.94 bits per heavy atom. The summed E-state index contributed by atoms with van der Waals surface area (Å²) in [5, 5.41) is 8.67. The highest BCUT2D eigenvalue weighted by atomic mass is 16.1. The smallest absolute Gasteiger partial charge is 0.333 e. The largest absolute Gasteiger partial charge is 0.370 e. The molecule has 0 atom stereocenters. The summed E-state index contributed by atoms with van der Waals surface area (Å²) < 4.78 is 5.12. The SMILES string of the molecule is Cc1nn(C)cc1-n1c(=O)n(C)c2cnc3ccc(-c4cnc5c(c4)CCN5)cc3c21. The van der Waals surface area contributed by atoms with E-state index in [1.165, 1.54) is 5.56 Å². The van der Waals surface area contributed by atoms with Gasteiger partial charge in [-0.2, -0.15) is 5.10 Å². The first-order valence-electron chi connectivity index (χ1n) is 10.3. The van der Waals surface area contributed by atoms with Crippen LogP contribution < -0.4 is 11.0 Å². The molecule has 1 aliphatic rings. The highest BCUT2D eigenvalue weighted by molar-refractivity contribution is 6.04. The van der Waals surface area contributed by atoms with Gasteiger partial charge in [-0.15, -0.1) is 0 Å². The molecule has 0 saturated heterocycles. The van der Waals surface area contributed by atoms with Gasteiger partial charge in [0.25, 0.3) is 0 Å². The number of imidazole rings is 1. The van der Waals surface area contributed by atoms with Crippen LogP contribution in [-0.2, 0) is 20.5 Å². The van der Waals surface area contributed by atoms with Gasteiger partial charge < -0.3 is 5.32 Å². The summed E-state index contributed by atoms with van der Waals surface area (Å²) in [6.07, 6.45) is 6.52. The van der Waals surface area contributed by atoms with Gasteiger partial charge in [0.15, 0.2) is 0 Å². The van der Waals surface area contributed by atoms with Crippen LogP contribution >= 0.6 is 0 Å². The van der Waals surface area contributed by atoms with Gasteiger partial charge in [0.1, 0.15) is 5.82 Å². The number of anilines is 1. The Kier molecular flexibility index (Phi) is 3.62. The maximum Gasteiger partial charge on any atom is 0.333 e. The Bertz CT molecular complexity index is 1570. The fourth-order valence-electron chi connectivity index (χ4n) is 4.54. The van der Waals surface area contributed by atoms with Crippen molar-refractivity contribution in [3.8, 4) is 16.8 Å². The standard InChI is InChI=1S/C23H21N7O/c1-13-20(12-28(2)27-13)30-21-17-9-14(16-8-15-6-7-24-22(15)26-10-16)4-5-18(17)25-11-19(21)29(3)23(30)31/h4-5,8-12H,6-7H2,1-3H3,(H,24,26). The second kappa shape index (κ2) is 6.28. The van der Waals surface area contributed by atoms with Gasteiger partial charge in [0.2, 0.25) is 0 Å². The Morgan fingerprint density at radius 1 is 1.06 bits per heavy atom. The number of rotatable bonds is 2. The zero-order chi connectivity index (χ0) is 21.3. The molecule has 8 heteroatoms. The normalized spacial score (nSPS) is 13.1. The van der Waals surface area contributed by atoms with E-state index in [0.717, 1.165) is 63.2 Å². The molecule has 0 amide bonds. The third-order valence-electron chi connectivity index (χ3n) is 6.10. The van der Waals surface area contributed by atoms with Gasteiger partial charge in [0, 0.05) is 44.0 Å². The molecule has 31 heavy (non-hydrogen) atoms. The second-order valence-electron chi connectivity index (χ2n) is 8.08. The van der Waals surface area contributed by atoms with Gasteiger partial charge in [-0.3, -0.25) is 18.8 Å². The average Bonchev–Trinajstić information content (AvgIpc) is 3.44. The minimum absolute atomic E-state index is 0.115. The van der Waals surface area contributed by atoms with Crippen molar-refractivity contribution in [1.82, 2.24) is 28.9 Å². The Balaban J connectivity index is 1.67. The fourth-order valence-corrected chi connectivity index (χ4v) is 4.54. The topological polar surface area (TPSA) is 82.6 Å². The number of nitrogens with one attached hydrogen (secondary N) is 1. The Hall–Kier alpha value is -3.94. The van der Waals surface area contributed by atoms with Crippen molar-refractivity contribution >= 4 is 27.8 Å². The molecule has 0 radical (unpaired) electrons. The molecule has 0 spiro atoms. The van der Waals surface area contributed by atoms with E-state index in [2.05, 4.69) is 38.6 Å². The maximum absolute atomic E-state index is 13.2. The van der Waals surface area contributed by atoms with E-state index < -0.39 is 0 Å². The van der Waals surface area contributed by atoms with Crippen LogP contribution in [0.4, 0.5) is 5.82 Å². The molecule has 8 nitrogen and oxygen atoms in total. The number of aromatic nitrogens is 6. The lowest BCUT2D eigenvalue weighted by Crippen LogP contribution is -2.21. The molecule has 1 aliphatic heterocycles. The third kappa shape index (κ3) is 2.54. The van der Waals surface area contributed by atoms with E-state index in [4.69, 9.17) is 0 Å². The van der Waals surface area contributed by atoms with E-state index in [0.29, 0.717) is 0 Å². The summed E-state index contributed by atoms with van der Waals surface area (Å²) >= 11 is 0. The van der Waals surface area contributed by atoms with Crippen molar-refractivity contribution < 1.29 is 0 Å². The van der Waals surface area contributed by atoms with E-state index in [-0.39, 0.29) is 5.69 Å². The van der Waals surface area contributed by atoms with Crippen LogP contribution in [0.1, 0.15) is 11.3 Å². The van der Waals surface area contributed by atoms with E-state index in [1.54, 1.807) is 27.1 Å². The summed E-state index contributed by atoms with van der Waals surface area (Å²) in [6.45, 7) is 2.84. The van der Waals surface area contributed by atoms with Crippen LogP contribution in [0.15, 0.2) is 47.7 Å². The molecule has 1 N–H and O–H groups in total. The number of hydrogen-bond acceptors (Lipinski definition) is 5. The van der Waals surface area contributed by atoms with E-state index in [9.17, 15) is 4.79 Å². The van der Waals surface area contributed by atoms with Crippen molar-refractivity contribution in [2.24, 2.45) is 14.1 Å². The fraction of sp³-hybridized carbons (Fsp3) is 0.217. The molecule has 0 aliphatic carbocycles. The van der Waals surface area contributed by atoms with Crippen molar-refractivity contribution in [2.45, 2.75) is 13.3 Å². The van der Waals surface area contributed by atoms with Crippen LogP contribution in [0.3, 0.4) is 0 Å². The molecule has 5 aromatic rings. The van der Waals surface area contributed by atoms with Crippen LogP contribution in [0.25, 0.3) is 38.8 Å². The summed E-state index contributed by atoms with van der Waals surface area (Å²) in [6, 6.07) is 8.37. The van der Waals surface area contributed by atoms with Gasteiger partial charge >= 0.3 is 5.69 Å². The third-order valence-corrected chi connectivity index (χ3v) is 6.10. The molecule has 154 valence electrons. The molecule has 0 unspecified atom stereocenters. The average molecular weight is 411 g/mol. The summed E-state index contributed by atoms with van der Waals surface area (Å²) in [5.41, 5.74) is 7.27. The van der Waals surface area contributed by atoms with Crippen molar-refractivity contribution in [2.75, 3.05) is 11.9 Å². The minimum atomic E-state index is -0.115. The zero-order valence-electron chi connectivity index (χ0n) is 17.5. The Labute approximate surface area is 177 Å². The lowest BCUT2D eigenvalue weighted by molar-refractivity contribution is 0.756. The number of benzene rings is 1. The molecule has 4 aromatic heterocycles. The van der Waals surface area contributed by atoms with Crippen LogP contribution in [0.5, 0.6) is 0 Å². The van der Waals surface area contributed by atoms with Gasteiger partial charge in [-0.05, 0) is 42.7 Å². The van der Waals surface area contributed by atoms with Crippen LogP contribution in [0.2, 0.25) is 0 Å². The van der Waals surface area contributed by atoms with Crippen molar-refractivity contribution in [3.63, 3.8) is 0 Å². The molecule has 0 fully saturated rings. The minimum Gasteiger partial charge on any atom is -0.370 e.